The number of nitrogens with one attached hydrogen (secondary N) is 1. The highest BCUT2D eigenvalue weighted by Crippen LogP contribution is 2.24. The van der Waals surface area contributed by atoms with Gasteiger partial charge in [0.25, 0.3) is 0 Å². The molecule has 0 aliphatic carbocycles. The molecule has 1 atom stereocenters. The van der Waals surface area contributed by atoms with Gasteiger partial charge in [0.2, 0.25) is 10.0 Å². The van der Waals surface area contributed by atoms with Crippen molar-refractivity contribution in [3.05, 3.63) is 64.7 Å². The van der Waals surface area contributed by atoms with E-state index in [0.29, 0.717) is 5.56 Å². The minimum atomic E-state index is -3.81. The van der Waals surface area contributed by atoms with Gasteiger partial charge in [-0.25, -0.2) is 13.1 Å². The monoisotopic (exact) mass is 325 g/mol. The Hall–Kier alpha value is -1.40. The first-order chi connectivity index (χ1) is 9.94. The Balaban J connectivity index is 2.32. The first-order valence-corrected chi connectivity index (χ1v) is 8.24. The van der Waals surface area contributed by atoms with Crippen molar-refractivity contribution in [2.24, 2.45) is 0 Å². The van der Waals surface area contributed by atoms with Crippen LogP contribution >= 0.6 is 11.6 Å². The van der Waals surface area contributed by atoms with Gasteiger partial charge in [0, 0.05) is 0 Å². The van der Waals surface area contributed by atoms with Crippen LogP contribution in [-0.2, 0) is 10.0 Å². The Bertz CT molecular complexity index is 717. The van der Waals surface area contributed by atoms with Crippen LogP contribution < -0.4 is 4.72 Å². The van der Waals surface area contributed by atoms with Crippen LogP contribution in [0.4, 0.5) is 0 Å². The number of rotatable bonds is 5. The fourth-order valence-corrected chi connectivity index (χ4v) is 3.79. The van der Waals surface area contributed by atoms with Gasteiger partial charge in [-0.15, -0.1) is 0 Å². The van der Waals surface area contributed by atoms with Crippen LogP contribution in [0, 0.1) is 6.92 Å². The van der Waals surface area contributed by atoms with E-state index >= 15 is 0 Å². The summed E-state index contributed by atoms with van der Waals surface area (Å²) in [7, 11) is -3.81. The molecule has 112 valence electrons. The number of halogens is 1. The molecule has 2 N–H and O–H groups in total. The molecular weight excluding hydrogens is 310 g/mol. The van der Waals surface area contributed by atoms with Crippen molar-refractivity contribution in [1.82, 2.24) is 4.72 Å². The molecule has 2 aromatic carbocycles. The molecular formula is C15H16ClNO3S. The second-order valence-corrected chi connectivity index (χ2v) is 6.79. The van der Waals surface area contributed by atoms with Crippen molar-refractivity contribution in [3.63, 3.8) is 0 Å². The van der Waals surface area contributed by atoms with E-state index in [1.807, 2.05) is 13.0 Å². The van der Waals surface area contributed by atoms with Crippen molar-refractivity contribution in [2.45, 2.75) is 17.9 Å². The number of aliphatic hydroxyl groups is 1. The third-order valence-corrected chi connectivity index (χ3v) is 5.01. The maximum absolute atomic E-state index is 12.4. The molecule has 0 saturated heterocycles. The van der Waals surface area contributed by atoms with E-state index in [2.05, 4.69) is 4.72 Å². The first kappa shape index (κ1) is 16.0. The van der Waals surface area contributed by atoms with Crippen molar-refractivity contribution in [1.29, 1.82) is 0 Å². The molecule has 2 aromatic rings. The van der Waals surface area contributed by atoms with E-state index in [1.54, 1.807) is 36.4 Å². The largest absolute Gasteiger partial charge is 0.394 e. The zero-order valence-electron chi connectivity index (χ0n) is 11.5. The Kier molecular flexibility index (Phi) is 5.00. The summed E-state index contributed by atoms with van der Waals surface area (Å²) >= 11 is 6.01. The summed E-state index contributed by atoms with van der Waals surface area (Å²) in [5.74, 6) is 0. The van der Waals surface area contributed by atoms with Gasteiger partial charge in [-0.1, -0.05) is 48.0 Å². The molecule has 21 heavy (non-hydrogen) atoms. The fourth-order valence-electron chi connectivity index (χ4n) is 1.97. The zero-order valence-corrected chi connectivity index (χ0v) is 13.0. The summed E-state index contributed by atoms with van der Waals surface area (Å²) in [5.41, 5.74) is 1.56. The van der Waals surface area contributed by atoms with E-state index in [9.17, 15) is 13.5 Å². The van der Waals surface area contributed by atoms with Crippen molar-refractivity contribution < 1.29 is 13.5 Å². The summed E-state index contributed by atoms with van der Waals surface area (Å²) in [4.78, 5) is 0.00384. The van der Waals surface area contributed by atoms with E-state index in [0.717, 1.165) is 5.56 Å². The van der Waals surface area contributed by atoms with Gasteiger partial charge in [-0.3, -0.25) is 0 Å². The Morgan fingerprint density at radius 1 is 1.19 bits per heavy atom. The maximum Gasteiger partial charge on any atom is 0.242 e. The van der Waals surface area contributed by atoms with Crippen LogP contribution in [0.3, 0.4) is 0 Å². The van der Waals surface area contributed by atoms with Crippen LogP contribution in [0.2, 0.25) is 5.02 Å². The SMILES string of the molecule is Cc1ccc(S(=O)(=O)NC(CO)c2ccccc2)c(Cl)c1. The molecule has 0 aliphatic rings. The lowest BCUT2D eigenvalue weighted by Gasteiger charge is -2.17. The lowest BCUT2D eigenvalue weighted by atomic mass is 10.1. The third-order valence-electron chi connectivity index (χ3n) is 3.06. The summed E-state index contributed by atoms with van der Waals surface area (Å²) < 4.78 is 27.3. The molecule has 0 bridgehead atoms. The second-order valence-electron chi connectivity index (χ2n) is 4.70. The lowest BCUT2D eigenvalue weighted by molar-refractivity contribution is 0.259. The highest BCUT2D eigenvalue weighted by Gasteiger charge is 2.23. The quantitative estimate of drug-likeness (QED) is 0.888. The molecule has 1 unspecified atom stereocenters. The standard InChI is InChI=1S/C15H16ClNO3S/c1-11-7-8-15(13(16)9-11)21(19,20)17-14(10-18)12-5-3-2-4-6-12/h2-9,14,17-18H,10H2,1H3. The van der Waals surface area contributed by atoms with Crippen LogP contribution in [0.25, 0.3) is 0 Å². The number of aryl methyl sites for hydroxylation is 1. The molecule has 2 rings (SSSR count). The smallest absolute Gasteiger partial charge is 0.242 e. The molecule has 0 spiro atoms. The Labute approximate surface area is 129 Å². The first-order valence-electron chi connectivity index (χ1n) is 6.38. The van der Waals surface area contributed by atoms with Crippen LogP contribution in [0.5, 0.6) is 0 Å². The van der Waals surface area contributed by atoms with Crippen LogP contribution in [0.1, 0.15) is 17.2 Å². The number of sulfonamides is 1. The molecule has 0 amide bonds. The molecule has 0 radical (unpaired) electrons. The van der Waals surface area contributed by atoms with E-state index in [4.69, 9.17) is 11.6 Å². The number of aliphatic hydroxyl groups excluding tert-OH is 1. The lowest BCUT2D eigenvalue weighted by Crippen LogP contribution is -2.31. The van der Waals surface area contributed by atoms with Gasteiger partial charge in [0.15, 0.2) is 0 Å². The van der Waals surface area contributed by atoms with Gasteiger partial charge < -0.3 is 5.11 Å². The highest BCUT2D eigenvalue weighted by molar-refractivity contribution is 7.89. The average molecular weight is 326 g/mol. The zero-order chi connectivity index (χ0) is 15.5. The summed E-state index contributed by atoms with van der Waals surface area (Å²) in [6.07, 6.45) is 0. The number of hydrogen-bond donors (Lipinski definition) is 2. The van der Waals surface area contributed by atoms with Gasteiger partial charge in [-0.2, -0.15) is 0 Å². The van der Waals surface area contributed by atoms with E-state index in [1.165, 1.54) is 6.07 Å². The van der Waals surface area contributed by atoms with Crippen LogP contribution in [0.15, 0.2) is 53.4 Å². The Morgan fingerprint density at radius 2 is 1.86 bits per heavy atom. The minimum Gasteiger partial charge on any atom is -0.394 e. The van der Waals surface area contributed by atoms with E-state index < -0.39 is 16.1 Å². The van der Waals surface area contributed by atoms with E-state index in [-0.39, 0.29) is 16.5 Å². The molecule has 0 aliphatic heterocycles. The molecule has 4 nitrogen and oxygen atoms in total. The maximum atomic E-state index is 12.4. The third kappa shape index (κ3) is 3.83. The normalized spacial score (nSPS) is 13.1. The van der Waals surface area contributed by atoms with Crippen LogP contribution in [-0.4, -0.2) is 20.1 Å². The Morgan fingerprint density at radius 3 is 2.43 bits per heavy atom. The van der Waals surface area contributed by atoms with Gasteiger partial charge >= 0.3 is 0 Å². The van der Waals surface area contributed by atoms with Crippen molar-refractivity contribution in [3.8, 4) is 0 Å². The summed E-state index contributed by atoms with van der Waals surface area (Å²) in [6, 6.07) is 12.9. The second kappa shape index (κ2) is 6.58. The van der Waals surface area contributed by atoms with Crippen molar-refractivity contribution >= 4 is 21.6 Å². The van der Waals surface area contributed by atoms with Gasteiger partial charge in [0.05, 0.1) is 17.7 Å². The molecule has 0 saturated carbocycles. The highest BCUT2D eigenvalue weighted by atomic mass is 35.5. The van der Waals surface area contributed by atoms with Crippen molar-refractivity contribution in [2.75, 3.05) is 6.61 Å². The molecule has 6 heteroatoms. The summed E-state index contributed by atoms with van der Waals surface area (Å²) in [5, 5.41) is 9.60. The molecule has 0 aromatic heterocycles. The minimum absolute atomic E-state index is 0.00384. The average Bonchev–Trinajstić information content (AvgIpc) is 2.45. The van der Waals surface area contributed by atoms with Gasteiger partial charge in [-0.05, 0) is 30.2 Å². The predicted molar refractivity (Wildman–Crippen MR) is 82.8 cm³/mol. The molecule has 0 heterocycles. The number of benzene rings is 2. The topological polar surface area (TPSA) is 66.4 Å². The summed E-state index contributed by atoms with van der Waals surface area (Å²) in [6.45, 7) is 1.49. The van der Waals surface area contributed by atoms with Gasteiger partial charge in [0.1, 0.15) is 4.90 Å². The fraction of sp³-hybridized carbons (Fsp3) is 0.200. The number of hydrogen-bond acceptors (Lipinski definition) is 3. The predicted octanol–water partition coefficient (Wildman–Crippen LogP) is 2.66. The molecule has 0 fully saturated rings.